The van der Waals surface area contributed by atoms with Gasteiger partial charge < -0.3 is 23.4 Å². The SMILES string of the molecule is C=CC(=O)OCCCCOC(=O)c1ccc(-c2ccc(-c3ccc(-c4cc5ccc(OCCCCOC(=O)C=C)cc5o4)cc3)cc2)cc1. The first kappa shape index (κ1) is 34.4. The minimum Gasteiger partial charge on any atom is -0.493 e. The van der Waals surface area contributed by atoms with E-state index in [1.165, 1.54) is 0 Å². The summed E-state index contributed by atoms with van der Waals surface area (Å²) in [5.74, 6) is 0.242. The highest BCUT2D eigenvalue weighted by Crippen LogP contribution is 2.32. The minimum atomic E-state index is -0.458. The van der Waals surface area contributed by atoms with Gasteiger partial charge in [-0.3, -0.25) is 0 Å². The van der Waals surface area contributed by atoms with Crippen molar-refractivity contribution in [2.75, 3.05) is 26.4 Å². The molecule has 0 fully saturated rings. The van der Waals surface area contributed by atoms with Crippen molar-refractivity contribution < 1.29 is 37.7 Å². The van der Waals surface area contributed by atoms with Crippen LogP contribution >= 0.6 is 0 Å². The Morgan fingerprint density at radius 1 is 0.551 bits per heavy atom. The summed E-state index contributed by atoms with van der Waals surface area (Å²) in [6, 6.07) is 31.7. The average Bonchev–Trinajstić information content (AvgIpc) is 3.58. The maximum absolute atomic E-state index is 12.4. The molecule has 4 aromatic carbocycles. The van der Waals surface area contributed by atoms with Crippen molar-refractivity contribution in [2.45, 2.75) is 25.7 Å². The molecule has 0 bridgehead atoms. The smallest absolute Gasteiger partial charge is 0.338 e. The van der Waals surface area contributed by atoms with Crippen molar-refractivity contribution in [3.05, 3.63) is 128 Å². The summed E-state index contributed by atoms with van der Waals surface area (Å²) in [6.07, 6.45) is 4.95. The molecule has 0 saturated carbocycles. The van der Waals surface area contributed by atoms with Crippen LogP contribution in [0.4, 0.5) is 0 Å². The van der Waals surface area contributed by atoms with Gasteiger partial charge in [-0.2, -0.15) is 0 Å². The van der Waals surface area contributed by atoms with Crippen LogP contribution in [-0.4, -0.2) is 44.3 Å². The molecule has 0 spiro atoms. The molecule has 0 unspecified atom stereocenters. The number of unbranched alkanes of at least 4 members (excludes halogenated alkanes) is 2. The lowest BCUT2D eigenvalue weighted by molar-refractivity contribution is -0.138. The fourth-order valence-corrected chi connectivity index (χ4v) is 5.03. The van der Waals surface area contributed by atoms with Crippen LogP contribution in [-0.2, 0) is 23.8 Å². The molecule has 0 aliphatic rings. The molecule has 0 aliphatic carbocycles. The van der Waals surface area contributed by atoms with Gasteiger partial charge in [-0.25, -0.2) is 14.4 Å². The highest BCUT2D eigenvalue weighted by Gasteiger charge is 2.10. The van der Waals surface area contributed by atoms with Gasteiger partial charge in [0.15, 0.2) is 0 Å². The van der Waals surface area contributed by atoms with E-state index < -0.39 is 11.9 Å². The zero-order chi connectivity index (χ0) is 34.4. The molecular formula is C41H38O8. The Balaban J connectivity index is 1.11. The molecular weight excluding hydrogens is 620 g/mol. The van der Waals surface area contributed by atoms with Gasteiger partial charge in [-0.15, -0.1) is 0 Å². The molecule has 5 aromatic rings. The third-order valence-electron chi connectivity index (χ3n) is 7.73. The van der Waals surface area contributed by atoms with E-state index in [0.717, 1.165) is 68.9 Å². The van der Waals surface area contributed by atoms with E-state index in [1.54, 1.807) is 12.1 Å². The van der Waals surface area contributed by atoms with E-state index in [0.29, 0.717) is 38.0 Å². The Bertz CT molecular complexity index is 1880. The third kappa shape index (κ3) is 9.81. The molecule has 1 aromatic heterocycles. The standard InChI is InChI=1S/C41H38O8/c1-3-39(42)46-24-6-5-23-45-36-22-21-35-27-37(49-38(35)28-36)33-17-13-31(14-18-33)29-9-11-30(12-10-29)32-15-19-34(20-16-32)41(44)48-26-8-7-25-47-40(43)4-2/h3-4,9-22,27-28H,1-2,5-8,23-26H2. The average molecular weight is 659 g/mol. The molecule has 1 heterocycles. The topological polar surface area (TPSA) is 101 Å². The molecule has 0 amide bonds. The first-order chi connectivity index (χ1) is 23.9. The van der Waals surface area contributed by atoms with Crippen LogP contribution in [0.5, 0.6) is 5.75 Å². The Morgan fingerprint density at radius 2 is 1.02 bits per heavy atom. The van der Waals surface area contributed by atoms with Gasteiger partial charge in [0.05, 0.1) is 32.0 Å². The molecule has 49 heavy (non-hydrogen) atoms. The van der Waals surface area contributed by atoms with Crippen molar-refractivity contribution in [2.24, 2.45) is 0 Å². The van der Waals surface area contributed by atoms with Crippen molar-refractivity contribution >= 4 is 28.9 Å². The van der Waals surface area contributed by atoms with Crippen LogP contribution in [0.1, 0.15) is 36.0 Å². The van der Waals surface area contributed by atoms with E-state index in [1.807, 2.05) is 48.5 Å². The third-order valence-corrected chi connectivity index (χ3v) is 7.73. The minimum absolute atomic E-state index is 0.254. The zero-order valence-corrected chi connectivity index (χ0v) is 27.2. The van der Waals surface area contributed by atoms with Crippen LogP contribution in [0.25, 0.3) is 44.5 Å². The number of benzene rings is 4. The normalized spacial score (nSPS) is 10.7. The Labute approximate surface area is 285 Å². The van der Waals surface area contributed by atoms with Crippen molar-refractivity contribution in [3.8, 4) is 39.3 Å². The highest BCUT2D eigenvalue weighted by molar-refractivity contribution is 5.90. The Hall–Kier alpha value is -5.89. The monoisotopic (exact) mass is 658 g/mol. The van der Waals surface area contributed by atoms with Crippen molar-refractivity contribution in [1.29, 1.82) is 0 Å². The van der Waals surface area contributed by atoms with Gasteiger partial charge >= 0.3 is 17.9 Å². The van der Waals surface area contributed by atoms with Crippen molar-refractivity contribution in [3.63, 3.8) is 0 Å². The van der Waals surface area contributed by atoms with Crippen LogP contribution < -0.4 is 4.74 Å². The number of esters is 3. The molecule has 0 atom stereocenters. The lowest BCUT2D eigenvalue weighted by Gasteiger charge is -2.08. The zero-order valence-electron chi connectivity index (χ0n) is 27.2. The lowest BCUT2D eigenvalue weighted by atomic mass is 9.99. The number of rotatable bonds is 17. The van der Waals surface area contributed by atoms with Gasteiger partial charge in [0.25, 0.3) is 0 Å². The second kappa shape index (κ2) is 17.3. The predicted octanol–water partition coefficient (Wildman–Crippen LogP) is 8.99. The Morgan fingerprint density at radius 3 is 1.55 bits per heavy atom. The molecule has 8 nitrogen and oxygen atoms in total. The molecule has 5 rings (SSSR count). The van der Waals surface area contributed by atoms with E-state index in [-0.39, 0.29) is 19.2 Å². The summed E-state index contributed by atoms with van der Waals surface area (Å²) in [6.45, 7) is 8.11. The number of hydrogen-bond donors (Lipinski definition) is 0. The summed E-state index contributed by atoms with van der Waals surface area (Å²) in [4.78, 5) is 34.5. The van der Waals surface area contributed by atoms with Crippen LogP contribution in [0, 0.1) is 0 Å². The molecule has 0 radical (unpaired) electrons. The van der Waals surface area contributed by atoms with E-state index in [4.69, 9.17) is 23.4 Å². The van der Waals surface area contributed by atoms with Crippen LogP contribution in [0.2, 0.25) is 0 Å². The van der Waals surface area contributed by atoms with Crippen LogP contribution in [0.15, 0.2) is 127 Å². The van der Waals surface area contributed by atoms with Gasteiger partial charge in [0.2, 0.25) is 0 Å². The summed E-state index contributed by atoms with van der Waals surface area (Å²) >= 11 is 0. The lowest BCUT2D eigenvalue weighted by Crippen LogP contribution is -2.08. The van der Waals surface area contributed by atoms with Crippen LogP contribution in [0.3, 0.4) is 0 Å². The van der Waals surface area contributed by atoms with Gasteiger partial charge in [0, 0.05) is 29.2 Å². The largest absolute Gasteiger partial charge is 0.493 e. The van der Waals surface area contributed by atoms with E-state index in [2.05, 4.69) is 49.6 Å². The number of carbonyl (C=O) groups is 3. The van der Waals surface area contributed by atoms with Gasteiger partial charge in [-0.05, 0) is 78.3 Å². The van der Waals surface area contributed by atoms with E-state index in [9.17, 15) is 14.4 Å². The molecule has 0 aliphatic heterocycles. The number of furan rings is 1. The highest BCUT2D eigenvalue weighted by atomic mass is 16.5. The van der Waals surface area contributed by atoms with E-state index >= 15 is 0 Å². The number of carbonyl (C=O) groups excluding carboxylic acids is 3. The molecule has 250 valence electrons. The summed E-state index contributed by atoms with van der Waals surface area (Å²) < 4.78 is 27.2. The Kier molecular flexibility index (Phi) is 12.2. The maximum atomic E-state index is 12.4. The molecule has 8 heteroatoms. The predicted molar refractivity (Wildman–Crippen MR) is 189 cm³/mol. The fraction of sp³-hybridized carbons (Fsp3) is 0.195. The first-order valence-electron chi connectivity index (χ1n) is 16.2. The maximum Gasteiger partial charge on any atom is 0.338 e. The second-order valence-electron chi connectivity index (χ2n) is 11.2. The summed E-state index contributed by atoms with van der Waals surface area (Å²) in [7, 11) is 0. The quantitative estimate of drug-likeness (QED) is 0.0422. The van der Waals surface area contributed by atoms with Crippen molar-refractivity contribution in [1.82, 2.24) is 0 Å². The molecule has 0 saturated heterocycles. The second-order valence-corrected chi connectivity index (χ2v) is 11.2. The van der Waals surface area contributed by atoms with Gasteiger partial charge in [0.1, 0.15) is 17.1 Å². The fourth-order valence-electron chi connectivity index (χ4n) is 5.03. The number of ether oxygens (including phenoxy) is 4. The number of hydrogen-bond acceptors (Lipinski definition) is 8. The first-order valence-corrected chi connectivity index (χ1v) is 16.2. The molecule has 0 N–H and O–H groups in total. The summed E-state index contributed by atoms with van der Waals surface area (Å²) in [5.41, 5.74) is 6.40. The summed E-state index contributed by atoms with van der Waals surface area (Å²) in [5, 5.41) is 0.990. The number of fused-ring (bicyclic) bond motifs is 1. The van der Waals surface area contributed by atoms with Gasteiger partial charge in [-0.1, -0.05) is 73.8 Å².